The van der Waals surface area contributed by atoms with Crippen molar-refractivity contribution in [3.8, 4) is 0 Å². The first-order valence-electron chi connectivity index (χ1n) is 5.42. The Hall–Kier alpha value is -1.68. The van der Waals surface area contributed by atoms with Crippen LogP contribution in [0.2, 0.25) is 0 Å². The smallest absolute Gasteiger partial charge is 0.108 e. The summed E-state index contributed by atoms with van der Waals surface area (Å²) in [7, 11) is 0. The van der Waals surface area contributed by atoms with E-state index >= 15 is 0 Å². The van der Waals surface area contributed by atoms with Crippen molar-refractivity contribution in [2.75, 3.05) is 0 Å². The van der Waals surface area contributed by atoms with Crippen LogP contribution in [0.1, 0.15) is 17.7 Å². The van der Waals surface area contributed by atoms with Crippen LogP contribution in [0.3, 0.4) is 0 Å². The van der Waals surface area contributed by atoms with E-state index < -0.39 is 0 Å². The minimum Gasteiger partial charge on any atom is -0.390 e. The van der Waals surface area contributed by atoms with Gasteiger partial charge in [-0.3, -0.25) is 4.68 Å². The van der Waals surface area contributed by atoms with Gasteiger partial charge in [-0.15, -0.1) is 5.10 Å². The summed E-state index contributed by atoms with van der Waals surface area (Å²) in [6.07, 6.45) is 3.85. The van der Waals surface area contributed by atoms with Crippen LogP contribution in [0, 0.1) is 0 Å². The van der Waals surface area contributed by atoms with Gasteiger partial charge in [-0.2, -0.15) is 0 Å². The Bertz CT molecular complexity index is 425. The van der Waals surface area contributed by atoms with Crippen LogP contribution in [0.4, 0.5) is 0 Å². The summed E-state index contributed by atoms with van der Waals surface area (Å²) in [5.41, 5.74) is 1.96. The Kier molecular flexibility index (Phi) is 3.66. The van der Waals surface area contributed by atoms with Crippen molar-refractivity contribution in [1.82, 2.24) is 15.0 Å². The van der Waals surface area contributed by atoms with Crippen LogP contribution >= 0.6 is 0 Å². The van der Waals surface area contributed by atoms with Gasteiger partial charge in [0, 0.05) is 6.54 Å². The molecule has 0 spiro atoms. The van der Waals surface area contributed by atoms with Gasteiger partial charge in [0.2, 0.25) is 0 Å². The van der Waals surface area contributed by atoms with Crippen LogP contribution < -0.4 is 0 Å². The highest BCUT2D eigenvalue weighted by Crippen LogP contribution is 2.03. The third kappa shape index (κ3) is 2.90. The van der Waals surface area contributed by atoms with Gasteiger partial charge in [0.05, 0.1) is 12.8 Å². The maximum atomic E-state index is 8.84. The highest BCUT2D eigenvalue weighted by molar-refractivity contribution is 5.14. The second-order valence-electron chi connectivity index (χ2n) is 3.72. The summed E-state index contributed by atoms with van der Waals surface area (Å²) in [6, 6.07) is 10.4. The van der Waals surface area contributed by atoms with Gasteiger partial charge in [0.25, 0.3) is 0 Å². The number of benzene rings is 1. The molecule has 1 aromatic heterocycles. The second kappa shape index (κ2) is 5.42. The molecule has 1 N–H and O–H groups in total. The quantitative estimate of drug-likeness (QED) is 0.823. The van der Waals surface area contributed by atoms with Crippen molar-refractivity contribution >= 4 is 0 Å². The minimum absolute atomic E-state index is 0.0430. The molecule has 0 saturated heterocycles. The zero-order chi connectivity index (χ0) is 11.2. The fourth-order valence-electron chi connectivity index (χ4n) is 1.61. The van der Waals surface area contributed by atoms with Gasteiger partial charge in [0.15, 0.2) is 0 Å². The molecule has 0 amide bonds. The molecule has 0 saturated carbocycles. The van der Waals surface area contributed by atoms with Crippen LogP contribution in [-0.4, -0.2) is 20.1 Å². The molecular formula is C12H15N3O. The maximum absolute atomic E-state index is 8.84. The van der Waals surface area contributed by atoms with Crippen molar-refractivity contribution in [2.45, 2.75) is 26.0 Å². The summed E-state index contributed by atoms with van der Waals surface area (Å²) in [6.45, 7) is 0.792. The Morgan fingerprint density at radius 3 is 2.69 bits per heavy atom. The van der Waals surface area contributed by atoms with E-state index in [4.69, 9.17) is 5.11 Å². The van der Waals surface area contributed by atoms with E-state index in [0.29, 0.717) is 5.69 Å². The number of aliphatic hydroxyl groups excluding tert-OH is 1. The first-order valence-corrected chi connectivity index (χ1v) is 5.42. The number of nitrogens with zero attached hydrogens (tertiary/aromatic N) is 3. The number of rotatable bonds is 5. The molecule has 0 aliphatic heterocycles. The number of hydrogen-bond donors (Lipinski definition) is 1. The average molecular weight is 217 g/mol. The van der Waals surface area contributed by atoms with Gasteiger partial charge in [-0.1, -0.05) is 35.5 Å². The molecule has 0 unspecified atom stereocenters. The number of hydrogen-bond acceptors (Lipinski definition) is 3. The van der Waals surface area contributed by atoms with Crippen molar-refractivity contribution in [3.63, 3.8) is 0 Å². The largest absolute Gasteiger partial charge is 0.390 e. The Morgan fingerprint density at radius 1 is 1.19 bits per heavy atom. The maximum Gasteiger partial charge on any atom is 0.108 e. The monoisotopic (exact) mass is 217 g/mol. The zero-order valence-corrected chi connectivity index (χ0v) is 9.08. The summed E-state index contributed by atoms with van der Waals surface area (Å²) >= 11 is 0. The molecule has 1 aromatic carbocycles. The van der Waals surface area contributed by atoms with Crippen molar-refractivity contribution in [3.05, 3.63) is 47.8 Å². The van der Waals surface area contributed by atoms with Gasteiger partial charge < -0.3 is 5.11 Å². The van der Waals surface area contributed by atoms with E-state index in [1.165, 1.54) is 5.56 Å². The molecule has 16 heavy (non-hydrogen) atoms. The van der Waals surface area contributed by atoms with E-state index in [1.54, 1.807) is 10.9 Å². The van der Waals surface area contributed by atoms with Crippen LogP contribution in [0.5, 0.6) is 0 Å². The normalized spacial score (nSPS) is 10.6. The predicted molar refractivity (Wildman–Crippen MR) is 60.7 cm³/mol. The fourth-order valence-corrected chi connectivity index (χ4v) is 1.61. The standard InChI is InChI=1S/C12H15N3O/c16-10-12-9-15(14-13-12)8-4-7-11-5-2-1-3-6-11/h1-3,5-6,9,16H,4,7-8,10H2. The summed E-state index contributed by atoms with van der Waals surface area (Å²) in [5, 5.41) is 16.6. The molecule has 1 heterocycles. The minimum atomic E-state index is -0.0430. The third-order valence-electron chi connectivity index (χ3n) is 2.44. The lowest BCUT2D eigenvalue weighted by atomic mass is 10.1. The molecule has 0 radical (unpaired) electrons. The summed E-state index contributed by atoms with van der Waals surface area (Å²) in [4.78, 5) is 0. The molecule has 2 aromatic rings. The number of aromatic nitrogens is 3. The topological polar surface area (TPSA) is 50.9 Å². The molecule has 0 aliphatic rings. The predicted octanol–water partition coefficient (Wildman–Crippen LogP) is 1.40. The molecule has 4 heteroatoms. The van der Waals surface area contributed by atoms with Gasteiger partial charge in [0.1, 0.15) is 5.69 Å². The van der Waals surface area contributed by atoms with Crippen LogP contribution in [-0.2, 0) is 19.6 Å². The molecule has 0 fully saturated rings. The van der Waals surface area contributed by atoms with E-state index in [9.17, 15) is 0 Å². The molecule has 2 rings (SSSR count). The Labute approximate surface area is 94.5 Å². The lowest BCUT2D eigenvalue weighted by Gasteiger charge is -2.00. The first kappa shape index (κ1) is 10.8. The van der Waals surface area contributed by atoms with Gasteiger partial charge in [-0.05, 0) is 18.4 Å². The SMILES string of the molecule is OCc1cn(CCCc2ccccc2)nn1. The first-order chi connectivity index (χ1) is 7.88. The third-order valence-corrected chi connectivity index (χ3v) is 2.44. The average Bonchev–Trinajstić information content (AvgIpc) is 2.78. The summed E-state index contributed by atoms with van der Waals surface area (Å²) < 4.78 is 1.77. The van der Waals surface area contributed by atoms with Crippen LogP contribution in [0.15, 0.2) is 36.5 Å². The summed E-state index contributed by atoms with van der Waals surface area (Å²) in [5.74, 6) is 0. The molecule has 4 nitrogen and oxygen atoms in total. The Morgan fingerprint density at radius 2 is 2.00 bits per heavy atom. The van der Waals surface area contributed by atoms with E-state index in [-0.39, 0.29) is 6.61 Å². The van der Waals surface area contributed by atoms with E-state index in [2.05, 4.69) is 34.6 Å². The van der Waals surface area contributed by atoms with Crippen molar-refractivity contribution in [2.24, 2.45) is 0 Å². The number of aryl methyl sites for hydroxylation is 2. The molecule has 0 atom stereocenters. The lowest BCUT2D eigenvalue weighted by Crippen LogP contribution is -2.00. The second-order valence-corrected chi connectivity index (χ2v) is 3.72. The highest BCUT2D eigenvalue weighted by Gasteiger charge is 1.98. The van der Waals surface area contributed by atoms with Crippen LogP contribution in [0.25, 0.3) is 0 Å². The highest BCUT2D eigenvalue weighted by atomic mass is 16.3. The molecular weight excluding hydrogens is 202 g/mol. The number of aliphatic hydroxyl groups is 1. The zero-order valence-electron chi connectivity index (χ0n) is 9.08. The lowest BCUT2D eigenvalue weighted by molar-refractivity contribution is 0.276. The van der Waals surface area contributed by atoms with Gasteiger partial charge >= 0.3 is 0 Å². The van der Waals surface area contributed by atoms with E-state index in [0.717, 1.165) is 19.4 Å². The van der Waals surface area contributed by atoms with Crippen molar-refractivity contribution < 1.29 is 5.11 Å². The molecule has 0 aliphatic carbocycles. The molecule has 0 bridgehead atoms. The fraction of sp³-hybridized carbons (Fsp3) is 0.333. The molecule has 84 valence electrons. The van der Waals surface area contributed by atoms with Gasteiger partial charge in [-0.25, -0.2) is 0 Å². The van der Waals surface area contributed by atoms with Crippen molar-refractivity contribution in [1.29, 1.82) is 0 Å². The van der Waals surface area contributed by atoms with E-state index in [1.807, 2.05) is 6.07 Å². The Balaban J connectivity index is 1.80.